The molecule has 0 aromatic carbocycles. The van der Waals surface area contributed by atoms with Gasteiger partial charge < -0.3 is 4.74 Å². The molecule has 0 aromatic rings. The molecule has 1 aliphatic rings. The molecule has 0 radical (unpaired) electrons. The van der Waals surface area contributed by atoms with E-state index in [1.165, 1.54) is 0 Å². The normalized spacial score (nSPS) is 26.6. The van der Waals surface area contributed by atoms with E-state index < -0.39 is 0 Å². The summed E-state index contributed by atoms with van der Waals surface area (Å²) in [5, 5.41) is 0. The lowest BCUT2D eigenvalue weighted by Gasteiger charge is -2.22. The molecule has 0 aliphatic carbocycles. The fourth-order valence-corrected chi connectivity index (χ4v) is 1.61. The van der Waals surface area contributed by atoms with Gasteiger partial charge in [0.25, 0.3) is 0 Å². The third-order valence-electron chi connectivity index (χ3n) is 2.57. The van der Waals surface area contributed by atoms with E-state index in [2.05, 4.69) is 27.7 Å². The Hall–Kier alpha value is -0.530. The molecule has 0 spiro atoms. The van der Waals surface area contributed by atoms with Crippen LogP contribution in [0.2, 0.25) is 0 Å². The van der Waals surface area contributed by atoms with Crippen molar-refractivity contribution in [3.8, 4) is 0 Å². The quantitative estimate of drug-likeness (QED) is 0.606. The van der Waals surface area contributed by atoms with Gasteiger partial charge in [0.15, 0.2) is 0 Å². The van der Waals surface area contributed by atoms with Crippen LogP contribution in [0.15, 0.2) is 0 Å². The summed E-state index contributed by atoms with van der Waals surface area (Å²) >= 11 is 0. The minimum Gasteiger partial charge on any atom is -0.462 e. The summed E-state index contributed by atoms with van der Waals surface area (Å²) < 4.78 is 5.21. The zero-order valence-corrected chi connectivity index (χ0v) is 10.4. The maximum atomic E-state index is 11.4. The van der Waals surface area contributed by atoms with Crippen LogP contribution >= 0.6 is 0 Å². The monoisotopic (exact) mass is 200 g/mol. The maximum Gasteiger partial charge on any atom is 0.309 e. The second-order valence-electron chi connectivity index (χ2n) is 4.62. The molecule has 0 amide bonds. The first kappa shape index (κ1) is 13.5. The van der Waals surface area contributed by atoms with E-state index in [1.807, 2.05) is 13.8 Å². The lowest BCUT2D eigenvalue weighted by molar-refractivity contribution is -0.146. The largest absolute Gasteiger partial charge is 0.462 e. The fourth-order valence-electron chi connectivity index (χ4n) is 1.61. The molecular weight excluding hydrogens is 176 g/mol. The minimum absolute atomic E-state index is 0.00523. The SMILES string of the molecule is CC.CCC1CC(C(C)(C)C)C(=O)O1. The molecule has 2 heteroatoms. The Morgan fingerprint density at radius 3 is 2.07 bits per heavy atom. The highest BCUT2D eigenvalue weighted by atomic mass is 16.5. The number of hydrogen-bond acceptors (Lipinski definition) is 2. The second kappa shape index (κ2) is 5.38. The Balaban J connectivity index is 0.000000791. The molecule has 84 valence electrons. The van der Waals surface area contributed by atoms with Crippen molar-refractivity contribution in [2.45, 2.75) is 60.5 Å². The molecule has 1 aliphatic heterocycles. The summed E-state index contributed by atoms with van der Waals surface area (Å²) in [5.74, 6) is 0.0943. The lowest BCUT2D eigenvalue weighted by atomic mass is 9.79. The standard InChI is InChI=1S/C10H18O2.C2H6/c1-5-7-6-8(9(11)12-7)10(2,3)4;1-2/h7-8H,5-6H2,1-4H3;1-2H3. The number of esters is 1. The third-order valence-corrected chi connectivity index (χ3v) is 2.57. The van der Waals surface area contributed by atoms with Gasteiger partial charge in [0, 0.05) is 0 Å². The van der Waals surface area contributed by atoms with Crippen molar-refractivity contribution in [3.05, 3.63) is 0 Å². The third kappa shape index (κ3) is 3.32. The average molecular weight is 200 g/mol. The van der Waals surface area contributed by atoms with Crippen molar-refractivity contribution < 1.29 is 9.53 Å². The van der Waals surface area contributed by atoms with Gasteiger partial charge in [-0.3, -0.25) is 4.79 Å². The zero-order chi connectivity index (χ0) is 11.4. The predicted octanol–water partition coefficient (Wildman–Crippen LogP) is 3.40. The molecule has 14 heavy (non-hydrogen) atoms. The van der Waals surface area contributed by atoms with Gasteiger partial charge in [-0.25, -0.2) is 0 Å². The highest BCUT2D eigenvalue weighted by Crippen LogP contribution is 2.36. The Morgan fingerprint density at radius 2 is 1.86 bits per heavy atom. The van der Waals surface area contributed by atoms with Gasteiger partial charge in [-0.15, -0.1) is 0 Å². The van der Waals surface area contributed by atoms with Gasteiger partial charge >= 0.3 is 5.97 Å². The summed E-state index contributed by atoms with van der Waals surface area (Å²) in [5.41, 5.74) is 0.0566. The van der Waals surface area contributed by atoms with E-state index in [4.69, 9.17) is 4.74 Å². The van der Waals surface area contributed by atoms with Crippen molar-refractivity contribution in [3.63, 3.8) is 0 Å². The molecule has 1 rings (SSSR count). The Morgan fingerprint density at radius 1 is 1.36 bits per heavy atom. The van der Waals surface area contributed by atoms with E-state index >= 15 is 0 Å². The first-order valence-corrected chi connectivity index (χ1v) is 5.65. The Kier molecular flexibility index (Phi) is 5.17. The number of cyclic esters (lactones) is 1. The van der Waals surface area contributed by atoms with E-state index in [0.29, 0.717) is 0 Å². The summed E-state index contributed by atoms with van der Waals surface area (Å²) in [4.78, 5) is 11.4. The van der Waals surface area contributed by atoms with Gasteiger partial charge in [-0.1, -0.05) is 41.5 Å². The van der Waals surface area contributed by atoms with Crippen LogP contribution in [0.4, 0.5) is 0 Å². The van der Waals surface area contributed by atoms with Gasteiger partial charge in [-0.05, 0) is 18.3 Å². The molecule has 1 saturated heterocycles. The van der Waals surface area contributed by atoms with Crippen molar-refractivity contribution >= 4 is 5.97 Å². The van der Waals surface area contributed by atoms with Crippen molar-refractivity contribution in [2.75, 3.05) is 0 Å². The number of hydrogen-bond donors (Lipinski definition) is 0. The second-order valence-corrected chi connectivity index (χ2v) is 4.62. The summed E-state index contributed by atoms with van der Waals surface area (Å²) in [6.45, 7) is 12.3. The number of carbonyl (C=O) groups is 1. The molecule has 2 atom stereocenters. The Bertz CT molecular complexity index is 179. The van der Waals surface area contributed by atoms with Crippen LogP contribution in [0.1, 0.15) is 54.4 Å². The summed E-state index contributed by atoms with van der Waals surface area (Å²) in [6.07, 6.45) is 2.01. The zero-order valence-electron chi connectivity index (χ0n) is 10.4. The number of ether oxygens (including phenoxy) is 1. The van der Waals surface area contributed by atoms with E-state index in [0.717, 1.165) is 12.8 Å². The molecular formula is C12H24O2. The van der Waals surface area contributed by atoms with Crippen molar-refractivity contribution in [1.29, 1.82) is 0 Å². The van der Waals surface area contributed by atoms with Crippen molar-refractivity contribution in [2.24, 2.45) is 11.3 Å². The molecule has 0 saturated carbocycles. The molecule has 1 fully saturated rings. The minimum atomic E-state index is -0.00523. The first-order chi connectivity index (χ1) is 6.45. The van der Waals surface area contributed by atoms with Crippen LogP contribution in [0.25, 0.3) is 0 Å². The Labute approximate surface area is 88.0 Å². The molecule has 1 heterocycles. The molecule has 2 unspecified atom stereocenters. The number of rotatable bonds is 1. The summed E-state index contributed by atoms with van der Waals surface area (Å²) in [6, 6.07) is 0. The van der Waals surface area contributed by atoms with Crippen LogP contribution in [-0.4, -0.2) is 12.1 Å². The highest BCUT2D eigenvalue weighted by Gasteiger charge is 2.40. The molecule has 0 bridgehead atoms. The van der Waals surface area contributed by atoms with Crippen LogP contribution < -0.4 is 0 Å². The smallest absolute Gasteiger partial charge is 0.309 e. The van der Waals surface area contributed by atoms with Gasteiger partial charge in [0.05, 0.1) is 5.92 Å². The molecule has 2 nitrogen and oxygen atoms in total. The van der Waals surface area contributed by atoms with E-state index in [9.17, 15) is 4.79 Å². The van der Waals surface area contributed by atoms with Crippen molar-refractivity contribution in [1.82, 2.24) is 0 Å². The van der Waals surface area contributed by atoms with Crippen LogP contribution in [0, 0.1) is 11.3 Å². The van der Waals surface area contributed by atoms with Crippen LogP contribution in [-0.2, 0) is 9.53 Å². The highest BCUT2D eigenvalue weighted by molar-refractivity contribution is 5.75. The topological polar surface area (TPSA) is 26.3 Å². The molecule has 0 N–H and O–H groups in total. The first-order valence-electron chi connectivity index (χ1n) is 5.65. The van der Waals surface area contributed by atoms with Crippen LogP contribution in [0.3, 0.4) is 0 Å². The average Bonchev–Trinajstić information content (AvgIpc) is 2.49. The fraction of sp³-hybridized carbons (Fsp3) is 0.917. The maximum absolute atomic E-state index is 11.4. The van der Waals surface area contributed by atoms with Gasteiger partial charge in [0.2, 0.25) is 0 Å². The van der Waals surface area contributed by atoms with Crippen LogP contribution in [0.5, 0.6) is 0 Å². The number of carbonyl (C=O) groups excluding carboxylic acids is 1. The van der Waals surface area contributed by atoms with Gasteiger partial charge in [0.1, 0.15) is 6.10 Å². The van der Waals surface area contributed by atoms with Gasteiger partial charge in [-0.2, -0.15) is 0 Å². The molecule has 0 aromatic heterocycles. The predicted molar refractivity (Wildman–Crippen MR) is 59.1 cm³/mol. The van der Waals surface area contributed by atoms with E-state index in [1.54, 1.807) is 0 Å². The van der Waals surface area contributed by atoms with E-state index in [-0.39, 0.29) is 23.4 Å². The summed E-state index contributed by atoms with van der Waals surface area (Å²) in [7, 11) is 0. The lowest BCUT2D eigenvalue weighted by Crippen LogP contribution is -2.24.